The number of nitrogens with one attached hydrogen (secondary N) is 1. The van der Waals surface area contributed by atoms with Gasteiger partial charge in [0.05, 0.1) is 18.5 Å². The maximum Gasteiger partial charge on any atom is 0.173 e. The number of benzene rings is 1. The Kier molecular flexibility index (Phi) is 4.46. The second-order valence-corrected chi connectivity index (χ2v) is 5.68. The van der Waals surface area contributed by atoms with Gasteiger partial charge in [0, 0.05) is 11.8 Å². The Bertz CT molecular complexity index is 740. The minimum Gasteiger partial charge on any atom is -0.497 e. The van der Waals surface area contributed by atoms with Crippen LogP contribution in [0.1, 0.15) is 36.7 Å². The zero-order valence-electron chi connectivity index (χ0n) is 13.6. The van der Waals surface area contributed by atoms with E-state index in [4.69, 9.17) is 10.5 Å². The van der Waals surface area contributed by atoms with E-state index in [0.29, 0.717) is 11.6 Å². The van der Waals surface area contributed by atoms with Crippen LogP contribution in [-0.2, 0) is 12.8 Å². The molecule has 0 bridgehead atoms. The van der Waals surface area contributed by atoms with E-state index < -0.39 is 0 Å². The van der Waals surface area contributed by atoms with Crippen LogP contribution in [-0.4, -0.2) is 17.1 Å². The molecule has 0 radical (unpaired) electrons. The van der Waals surface area contributed by atoms with E-state index >= 15 is 0 Å². The molecule has 1 heterocycles. The SMILES string of the molecule is CCCc1cc(Nc2nc3c(nc2N)C=CCC3)cc(OC)c1. The smallest absolute Gasteiger partial charge is 0.173 e. The molecule has 3 N–H and O–H groups in total. The first-order chi connectivity index (χ1) is 11.2. The number of ether oxygens (including phenoxy) is 1. The highest BCUT2D eigenvalue weighted by molar-refractivity contribution is 5.69. The molecule has 1 aromatic heterocycles. The Morgan fingerprint density at radius 3 is 2.91 bits per heavy atom. The number of hydrogen-bond donors (Lipinski definition) is 2. The van der Waals surface area contributed by atoms with Gasteiger partial charge in [-0.2, -0.15) is 0 Å². The van der Waals surface area contributed by atoms with Crippen LogP contribution in [0.15, 0.2) is 24.3 Å². The van der Waals surface area contributed by atoms with E-state index in [9.17, 15) is 0 Å². The topological polar surface area (TPSA) is 73.1 Å². The van der Waals surface area contributed by atoms with Crippen molar-refractivity contribution in [2.75, 3.05) is 18.2 Å². The monoisotopic (exact) mass is 310 g/mol. The third kappa shape index (κ3) is 3.44. The lowest BCUT2D eigenvalue weighted by Gasteiger charge is -2.15. The van der Waals surface area contributed by atoms with Crippen molar-refractivity contribution >= 4 is 23.4 Å². The molecule has 1 aliphatic rings. The molecule has 5 heteroatoms. The molecule has 3 rings (SSSR count). The van der Waals surface area contributed by atoms with Gasteiger partial charge < -0.3 is 15.8 Å². The van der Waals surface area contributed by atoms with Crippen molar-refractivity contribution in [3.8, 4) is 5.75 Å². The molecule has 0 atom stereocenters. The first kappa shape index (κ1) is 15.3. The summed E-state index contributed by atoms with van der Waals surface area (Å²) in [4.78, 5) is 9.09. The van der Waals surface area contributed by atoms with E-state index in [0.717, 1.165) is 48.5 Å². The fraction of sp³-hybridized carbons (Fsp3) is 0.333. The van der Waals surface area contributed by atoms with Gasteiger partial charge in [-0.3, -0.25) is 0 Å². The van der Waals surface area contributed by atoms with Crippen LogP contribution in [0.5, 0.6) is 5.75 Å². The summed E-state index contributed by atoms with van der Waals surface area (Å²) in [5.41, 5.74) is 10.1. The lowest BCUT2D eigenvalue weighted by molar-refractivity contribution is 0.414. The van der Waals surface area contributed by atoms with E-state index in [-0.39, 0.29) is 0 Å². The van der Waals surface area contributed by atoms with Gasteiger partial charge in [-0.1, -0.05) is 19.4 Å². The van der Waals surface area contributed by atoms with E-state index in [2.05, 4.69) is 40.4 Å². The molecular weight excluding hydrogens is 288 g/mol. The Balaban J connectivity index is 1.92. The molecule has 5 nitrogen and oxygen atoms in total. The molecule has 120 valence electrons. The molecule has 1 aromatic carbocycles. The first-order valence-corrected chi connectivity index (χ1v) is 7.97. The molecule has 0 unspecified atom stereocenters. The van der Waals surface area contributed by atoms with Crippen molar-refractivity contribution in [2.45, 2.75) is 32.6 Å². The number of aromatic nitrogens is 2. The van der Waals surface area contributed by atoms with Gasteiger partial charge in [-0.25, -0.2) is 9.97 Å². The normalized spacial score (nSPS) is 12.8. The number of rotatable bonds is 5. The number of fused-ring (bicyclic) bond motifs is 1. The Labute approximate surface area is 136 Å². The second kappa shape index (κ2) is 6.69. The van der Waals surface area contributed by atoms with Crippen molar-refractivity contribution in [1.29, 1.82) is 0 Å². The predicted octanol–water partition coefficient (Wildman–Crippen LogP) is 3.72. The minimum atomic E-state index is 0.412. The van der Waals surface area contributed by atoms with Crippen molar-refractivity contribution in [2.24, 2.45) is 0 Å². The van der Waals surface area contributed by atoms with Gasteiger partial charge in [0.1, 0.15) is 5.75 Å². The van der Waals surface area contributed by atoms with E-state index in [1.807, 2.05) is 12.1 Å². The summed E-state index contributed by atoms with van der Waals surface area (Å²) >= 11 is 0. The zero-order chi connectivity index (χ0) is 16.2. The number of hydrogen-bond acceptors (Lipinski definition) is 5. The molecule has 0 saturated heterocycles. The van der Waals surface area contributed by atoms with Gasteiger partial charge in [0.25, 0.3) is 0 Å². The summed E-state index contributed by atoms with van der Waals surface area (Å²) in [6, 6.07) is 6.10. The molecule has 0 amide bonds. The van der Waals surface area contributed by atoms with Gasteiger partial charge in [0.2, 0.25) is 0 Å². The van der Waals surface area contributed by atoms with E-state index in [1.165, 1.54) is 5.56 Å². The third-order valence-corrected chi connectivity index (χ3v) is 3.85. The summed E-state index contributed by atoms with van der Waals surface area (Å²) in [5, 5.41) is 3.29. The number of aryl methyl sites for hydroxylation is 2. The number of nitrogens with zero attached hydrogens (tertiary/aromatic N) is 2. The zero-order valence-corrected chi connectivity index (χ0v) is 13.6. The average Bonchev–Trinajstić information content (AvgIpc) is 2.55. The molecule has 0 saturated carbocycles. The molecule has 0 fully saturated rings. The fourth-order valence-electron chi connectivity index (χ4n) is 2.74. The highest BCUT2D eigenvalue weighted by Crippen LogP contribution is 2.27. The van der Waals surface area contributed by atoms with Crippen LogP contribution >= 0.6 is 0 Å². The van der Waals surface area contributed by atoms with Crippen LogP contribution in [0.3, 0.4) is 0 Å². The molecule has 1 aliphatic carbocycles. The average molecular weight is 310 g/mol. The minimum absolute atomic E-state index is 0.412. The fourth-order valence-corrected chi connectivity index (χ4v) is 2.74. The van der Waals surface area contributed by atoms with Gasteiger partial charge >= 0.3 is 0 Å². The van der Waals surface area contributed by atoms with Crippen molar-refractivity contribution in [3.05, 3.63) is 41.2 Å². The third-order valence-electron chi connectivity index (χ3n) is 3.85. The number of nitrogen functional groups attached to an aromatic ring is 1. The highest BCUT2D eigenvalue weighted by atomic mass is 16.5. The lowest BCUT2D eigenvalue weighted by atomic mass is 10.1. The quantitative estimate of drug-likeness (QED) is 0.880. The standard InChI is InChI=1S/C18H22N4O/c1-3-6-12-9-13(11-14(10-12)23-2)20-18-17(19)21-15-7-4-5-8-16(15)22-18/h4,7,9-11H,3,5-6,8H2,1-2H3,(H2,19,21)(H,20,22). The maximum atomic E-state index is 6.06. The van der Waals surface area contributed by atoms with Crippen LogP contribution in [0, 0.1) is 0 Å². The van der Waals surface area contributed by atoms with Crippen LogP contribution < -0.4 is 15.8 Å². The van der Waals surface area contributed by atoms with Crippen LogP contribution in [0.2, 0.25) is 0 Å². The number of allylic oxidation sites excluding steroid dienone is 1. The van der Waals surface area contributed by atoms with Gasteiger partial charge in [-0.05, 0) is 43.0 Å². The first-order valence-electron chi connectivity index (χ1n) is 7.97. The number of methoxy groups -OCH3 is 1. The van der Waals surface area contributed by atoms with Gasteiger partial charge in [-0.15, -0.1) is 0 Å². The number of anilines is 3. The summed E-state index contributed by atoms with van der Waals surface area (Å²) in [5.74, 6) is 1.84. The summed E-state index contributed by atoms with van der Waals surface area (Å²) < 4.78 is 5.38. The van der Waals surface area contributed by atoms with Crippen molar-refractivity contribution in [3.63, 3.8) is 0 Å². The molecule has 0 spiro atoms. The lowest BCUT2D eigenvalue weighted by Crippen LogP contribution is -2.09. The van der Waals surface area contributed by atoms with Crippen LogP contribution in [0.25, 0.3) is 6.08 Å². The van der Waals surface area contributed by atoms with Crippen molar-refractivity contribution < 1.29 is 4.74 Å². The predicted molar refractivity (Wildman–Crippen MR) is 94.1 cm³/mol. The Hall–Kier alpha value is -2.56. The van der Waals surface area contributed by atoms with E-state index in [1.54, 1.807) is 7.11 Å². The summed E-state index contributed by atoms with van der Waals surface area (Å²) in [7, 11) is 1.67. The second-order valence-electron chi connectivity index (χ2n) is 5.68. The molecule has 23 heavy (non-hydrogen) atoms. The Morgan fingerprint density at radius 1 is 1.26 bits per heavy atom. The highest BCUT2D eigenvalue weighted by Gasteiger charge is 2.13. The molecular formula is C18H22N4O. The Morgan fingerprint density at radius 2 is 2.13 bits per heavy atom. The summed E-state index contributed by atoms with van der Waals surface area (Å²) in [6.45, 7) is 2.16. The molecule has 2 aromatic rings. The molecule has 0 aliphatic heterocycles. The van der Waals surface area contributed by atoms with Crippen LogP contribution in [0.4, 0.5) is 17.3 Å². The van der Waals surface area contributed by atoms with Crippen molar-refractivity contribution in [1.82, 2.24) is 9.97 Å². The number of nitrogens with two attached hydrogens (primary N) is 1. The maximum absolute atomic E-state index is 6.06. The summed E-state index contributed by atoms with van der Waals surface area (Å²) in [6.07, 6.45) is 8.05. The van der Waals surface area contributed by atoms with Gasteiger partial charge in [0.15, 0.2) is 11.6 Å². The largest absolute Gasteiger partial charge is 0.497 e.